The van der Waals surface area contributed by atoms with Gasteiger partial charge in [-0.2, -0.15) is 0 Å². The maximum atomic E-state index is 14.1. The summed E-state index contributed by atoms with van der Waals surface area (Å²) in [5.41, 5.74) is 0.589. The van der Waals surface area contributed by atoms with Crippen molar-refractivity contribution >= 4 is 21.7 Å². The predicted octanol–water partition coefficient (Wildman–Crippen LogP) is 3.50. The Hall–Kier alpha value is -2.65. The van der Waals surface area contributed by atoms with E-state index in [4.69, 9.17) is 4.74 Å². The molecule has 2 aromatic carbocycles. The molecule has 0 spiro atoms. The Kier molecular flexibility index (Phi) is 6.09. The molecule has 0 aliphatic heterocycles. The second kappa shape index (κ2) is 8.38. The van der Waals surface area contributed by atoms with Crippen molar-refractivity contribution in [3.05, 3.63) is 53.8 Å². The van der Waals surface area contributed by atoms with E-state index in [2.05, 4.69) is 10.0 Å². The Morgan fingerprint density at radius 2 is 1.93 bits per heavy atom. The number of benzene rings is 2. The summed E-state index contributed by atoms with van der Waals surface area (Å²) in [5, 5.41) is 2.66. The van der Waals surface area contributed by atoms with E-state index in [0.29, 0.717) is 11.3 Å². The molecule has 1 saturated carbocycles. The molecule has 29 heavy (non-hydrogen) atoms. The number of halogens is 1. The lowest BCUT2D eigenvalue weighted by molar-refractivity contribution is 0.207. The van der Waals surface area contributed by atoms with Crippen LogP contribution in [0.4, 0.5) is 14.9 Å². The SMILES string of the molecule is COc1ccc(S(=O)(=O)NC2CC2)cc1NC(=O)N(C)C(C)c1ccccc1F. The Morgan fingerprint density at radius 1 is 1.24 bits per heavy atom. The van der Waals surface area contributed by atoms with Gasteiger partial charge >= 0.3 is 6.03 Å². The lowest BCUT2D eigenvalue weighted by Crippen LogP contribution is -2.34. The van der Waals surface area contributed by atoms with Gasteiger partial charge in [0.25, 0.3) is 0 Å². The highest BCUT2D eigenvalue weighted by Crippen LogP contribution is 2.30. The lowest BCUT2D eigenvalue weighted by atomic mass is 10.1. The summed E-state index contributed by atoms with van der Waals surface area (Å²) >= 11 is 0. The normalized spacial score (nSPS) is 14.9. The van der Waals surface area contributed by atoms with Crippen molar-refractivity contribution in [2.24, 2.45) is 0 Å². The highest BCUT2D eigenvalue weighted by molar-refractivity contribution is 7.89. The molecule has 0 heterocycles. The molecule has 2 aromatic rings. The first-order valence-electron chi connectivity index (χ1n) is 9.21. The fraction of sp³-hybridized carbons (Fsp3) is 0.350. The highest BCUT2D eigenvalue weighted by atomic mass is 32.2. The van der Waals surface area contributed by atoms with Crippen LogP contribution < -0.4 is 14.8 Å². The van der Waals surface area contributed by atoms with Gasteiger partial charge < -0.3 is 15.0 Å². The number of carbonyl (C=O) groups excluding carboxylic acids is 1. The summed E-state index contributed by atoms with van der Waals surface area (Å²) in [6.45, 7) is 1.70. The van der Waals surface area contributed by atoms with Crippen LogP contribution in [0.5, 0.6) is 5.75 Å². The molecule has 0 aromatic heterocycles. The maximum absolute atomic E-state index is 14.1. The number of sulfonamides is 1. The fourth-order valence-electron chi connectivity index (χ4n) is 2.84. The number of nitrogens with one attached hydrogen (secondary N) is 2. The average molecular weight is 421 g/mol. The molecule has 3 rings (SSSR count). The predicted molar refractivity (Wildman–Crippen MR) is 108 cm³/mol. The van der Waals surface area contributed by atoms with Crippen LogP contribution in [0, 0.1) is 5.82 Å². The average Bonchev–Trinajstić information content (AvgIpc) is 3.50. The molecule has 1 unspecified atom stereocenters. The number of methoxy groups -OCH3 is 1. The van der Waals surface area contributed by atoms with Crippen molar-refractivity contribution < 1.29 is 22.3 Å². The van der Waals surface area contributed by atoms with Crippen LogP contribution in [0.15, 0.2) is 47.4 Å². The summed E-state index contributed by atoms with van der Waals surface area (Å²) in [6.07, 6.45) is 1.63. The van der Waals surface area contributed by atoms with Crippen molar-refractivity contribution in [2.45, 2.75) is 36.7 Å². The molecule has 9 heteroatoms. The van der Waals surface area contributed by atoms with Gasteiger partial charge in [-0.25, -0.2) is 22.3 Å². The van der Waals surface area contributed by atoms with Crippen LogP contribution in [-0.2, 0) is 10.0 Å². The minimum absolute atomic E-state index is 0.0327. The standard InChI is InChI=1S/C20H24FN3O4S/c1-13(16-6-4-5-7-17(16)21)24(2)20(25)22-18-12-15(10-11-19(18)28-3)29(26,27)23-14-8-9-14/h4-7,10-14,23H,8-9H2,1-3H3,(H,22,25). The molecule has 156 valence electrons. The van der Waals surface area contributed by atoms with Gasteiger partial charge in [-0.3, -0.25) is 0 Å². The molecular weight excluding hydrogens is 397 g/mol. The molecule has 0 bridgehead atoms. The van der Waals surface area contributed by atoms with E-state index in [-0.39, 0.29) is 16.6 Å². The zero-order chi connectivity index (χ0) is 21.2. The number of ether oxygens (including phenoxy) is 1. The monoisotopic (exact) mass is 421 g/mol. The maximum Gasteiger partial charge on any atom is 0.322 e. The Bertz CT molecular complexity index is 1010. The Balaban J connectivity index is 1.81. The summed E-state index contributed by atoms with van der Waals surface area (Å²) < 4.78 is 46.8. The number of rotatable bonds is 7. The Labute approximate surface area is 169 Å². The van der Waals surface area contributed by atoms with Gasteiger partial charge in [0.15, 0.2) is 0 Å². The van der Waals surface area contributed by atoms with Gasteiger partial charge in [0.2, 0.25) is 10.0 Å². The third kappa shape index (κ3) is 4.86. The number of hydrogen-bond donors (Lipinski definition) is 2. The minimum Gasteiger partial charge on any atom is -0.495 e. The summed E-state index contributed by atoms with van der Waals surface area (Å²) in [4.78, 5) is 14.1. The van der Waals surface area contributed by atoms with Crippen LogP contribution in [-0.4, -0.2) is 39.5 Å². The van der Waals surface area contributed by atoms with E-state index in [0.717, 1.165) is 12.8 Å². The fourth-order valence-corrected chi connectivity index (χ4v) is 4.17. The van der Waals surface area contributed by atoms with Gasteiger partial charge in [-0.1, -0.05) is 18.2 Å². The molecule has 2 N–H and O–H groups in total. The number of hydrogen-bond acceptors (Lipinski definition) is 4. The smallest absolute Gasteiger partial charge is 0.322 e. The number of anilines is 1. The van der Waals surface area contributed by atoms with Crippen molar-refractivity contribution in [3.63, 3.8) is 0 Å². The van der Waals surface area contributed by atoms with E-state index in [1.54, 1.807) is 25.1 Å². The molecule has 1 fully saturated rings. The molecule has 1 aliphatic rings. The second-order valence-corrected chi connectivity index (χ2v) is 8.71. The van der Waals surface area contributed by atoms with Gasteiger partial charge in [0.05, 0.1) is 23.7 Å². The summed E-state index contributed by atoms with van der Waals surface area (Å²) in [6, 6.07) is 9.39. The zero-order valence-electron chi connectivity index (χ0n) is 16.5. The molecule has 2 amide bonds. The topological polar surface area (TPSA) is 87.7 Å². The van der Waals surface area contributed by atoms with Crippen molar-refractivity contribution in [2.75, 3.05) is 19.5 Å². The van der Waals surface area contributed by atoms with Crippen molar-refractivity contribution in [1.82, 2.24) is 9.62 Å². The van der Waals surface area contributed by atoms with Gasteiger partial charge in [-0.15, -0.1) is 0 Å². The second-order valence-electron chi connectivity index (χ2n) is 7.00. The first-order chi connectivity index (χ1) is 13.7. The van der Waals surface area contributed by atoms with E-state index in [1.807, 2.05) is 0 Å². The molecule has 1 atom stereocenters. The number of amides is 2. The van der Waals surface area contributed by atoms with Gasteiger partial charge in [0.1, 0.15) is 11.6 Å². The largest absolute Gasteiger partial charge is 0.495 e. The van der Waals surface area contributed by atoms with Crippen molar-refractivity contribution in [1.29, 1.82) is 0 Å². The Morgan fingerprint density at radius 3 is 2.55 bits per heavy atom. The van der Waals surface area contributed by atoms with Crippen LogP contribution in [0.25, 0.3) is 0 Å². The number of urea groups is 1. The third-order valence-corrected chi connectivity index (χ3v) is 6.40. The molecule has 0 saturated heterocycles. The van der Waals surface area contributed by atoms with Crippen molar-refractivity contribution in [3.8, 4) is 5.75 Å². The lowest BCUT2D eigenvalue weighted by Gasteiger charge is -2.26. The molecular formula is C20H24FN3O4S. The number of carbonyl (C=O) groups is 1. The van der Waals surface area contributed by atoms with E-state index in [1.165, 1.54) is 43.3 Å². The van der Waals surface area contributed by atoms with Crippen LogP contribution >= 0.6 is 0 Å². The highest BCUT2D eigenvalue weighted by Gasteiger charge is 2.29. The molecule has 1 aliphatic carbocycles. The first kappa shape index (κ1) is 21.1. The van der Waals surface area contributed by atoms with Crippen LogP contribution in [0.3, 0.4) is 0 Å². The quantitative estimate of drug-likeness (QED) is 0.716. The third-order valence-electron chi connectivity index (χ3n) is 4.88. The van der Waals surface area contributed by atoms with E-state index < -0.39 is 27.9 Å². The minimum atomic E-state index is -3.69. The van der Waals surface area contributed by atoms with Gasteiger partial charge in [-0.05, 0) is 44.0 Å². The number of nitrogens with zero attached hydrogens (tertiary/aromatic N) is 1. The summed E-state index contributed by atoms with van der Waals surface area (Å²) in [5.74, 6) is -0.0906. The molecule has 0 radical (unpaired) electrons. The summed E-state index contributed by atoms with van der Waals surface area (Å²) in [7, 11) is -0.726. The van der Waals surface area contributed by atoms with Gasteiger partial charge in [0, 0.05) is 18.7 Å². The zero-order valence-corrected chi connectivity index (χ0v) is 17.3. The van der Waals surface area contributed by atoms with E-state index >= 15 is 0 Å². The van der Waals surface area contributed by atoms with Crippen LogP contribution in [0.1, 0.15) is 31.4 Å². The van der Waals surface area contributed by atoms with E-state index in [9.17, 15) is 17.6 Å². The van der Waals surface area contributed by atoms with Crippen LogP contribution in [0.2, 0.25) is 0 Å². The molecule has 7 nitrogen and oxygen atoms in total. The first-order valence-corrected chi connectivity index (χ1v) is 10.7.